The van der Waals surface area contributed by atoms with Gasteiger partial charge in [-0.05, 0) is 48.2 Å². The molecule has 3 rings (SSSR count). The number of β-amino-alcohol motifs (C(OH)–C–C–N with tert-alkyl or cyclic N) is 1. The molecule has 2 aromatic carbocycles. The molecule has 1 aliphatic rings. The van der Waals surface area contributed by atoms with Crippen LogP contribution in [0.1, 0.15) is 55.0 Å². The second-order valence-electron chi connectivity index (χ2n) is 7.81. The molecule has 1 saturated heterocycles. The summed E-state index contributed by atoms with van der Waals surface area (Å²) in [6.45, 7) is 5.64. The number of Topliss-reactive ketones (excluding diaryl/α,β-unsaturated/α-hetero) is 1. The number of amides is 1. The van der Waals surface area contributed by atoms with Crippen LogP contribution in [0.2, 0.25) is 0 Å². The van der Waals surface area contributed by atoms with Crippen molar-refractivity contribution in [2.45, 2.75) is 38.8 Å². The fourth-order valence-corrected chi connectivity index (χ4v) is 3.62. The van der Waals surface area contributed by atoms with Crippen LogP contribution in [0.15, 0.2) is 54.1 Å². The molecule has 1 heterocycles. The number of rotatable bonds is 5. The maximum absolute atomic E-state index is 12.9. The zero-order valence-electron chi connectivity index (χ0n) is 17.2. The third-order valence-electron chi connectivity index (χ3n) is 5.21. The highest BCUT2D eigenvalue weighted by Crippen LogP contribution is 2.39. The third kappa shape index (κ3) is 3.98. The molecule has 2 unspecified atom stereocenters. The van der Waals surface area contributed by atoms with Gasteiger partial charge in [0.1, 0.15) is 5.76 Å². The first-order chi connectivity index (χ1) is 14.2. The average Bonchev–Trinajstić information content (AvgIpc) is 2.97. The number of nitriles is 1. The van der Waals surface area contributed by atoms with Crippen LogP contribution in [0.25, 0.3) is 5.76 Å². The Labute approximate surface area is 175 Å². The highest BCUT2D eigenvalue weighted by Gasteiger charge is 2.46. The summed E-state index contributed by atoms with van der Waals surface area (Å²) in [7, 11) is 0. The maximum atomic E-state index is 12.9. The smallest absolute Gasteiger partial charge is 0.295 e. The first-order valence-electron chi connectivity index (χ1n) is 9.81. The van der Waals surface area contributed by atoms with E-state index in [1.807, 2.05) is 30.3 Å². The lowest BCUT2D eigenvalue weighted by Gasteiger charge is -2.26. The van der Waals surface area contributed by atoms with Gasteiger partial charge in [0.2, 0.25) is 0 Å². The summed E-state index contributed by atoms with van der Waals surface area (Å²) >= 11 is 0. The van der Waals surface area contributed by atoms with Crippen LogP contribution in [0.5, 0.6) is 0 Å². The van der Waals surface area contributed by atoms with Crippen LogP contribution >= 0.6 is 0 Å². The molecule has 0 aliphatic carbocycles. The Hall–Kier alpha value is -3.43. The number of benzene rings is 2. The van der Waals surface area contributed by atoms with E-state index in [0.29, 0.717) is 22.6 Å². The predicted octanol–water partition coefficient (Wildman–Crippen LogP) is 3.48. The van der Waals surface area contributed by atoms with E-state index in [9.17, 15) is 19.8 Å². The summed E-state index contributed by atoms with van der Waals surface area (Å²) < 4.78 is 0. The highest BCUT2D eigenvalue weighted by molar-refractivity contribution is 6.46. The Bertz CT molecular complexity index is 1030. The molecule has 0 bridgehead atoms. The summed E-state index contributed by atoms with van der Waals surface area (Å²) in [5.74, 6) is -1.54. The van der Waals surface area contributed by atoms with Crippen molar-refractivity contribution in [2.24, 2.45) is 0 Å². The van der Waals surface area contributed by atoms with Gasteiger partial charge in [-0.1, -0.05) is 38.1 Å². The van der Waals surface area contributed by atoms with Gasteiger partial charge in [-0.3, -0.25) is 9.59 Å². The number of ketones is 1. The van der Waals surface area contributed by atoms with Crippen molar-refractivity contribution in [2.75, 3.05) is 6.54 Å². The van der Waals surface area contributed by atoms with Crippen LogP contribution in [-0.2, 0) is 9.59 Å². The SMILES string of the molecule is CC(O)CN1C(=O)C(=O)/C(=C(/O)c2ccc(C#N)cc2)C1c1ccc(C(C)C)cc1. The van der Waals surface area contributed by atoms with Gasteiger partial charge in [0.15, 0.2) is 0 Å². The minimum Gasteiger partial charge on any atom is -0.507 e. The number of hydrogen-bond donors (Lipinski definition) is 2. The van der Waals surface area contributed by atoms with E-state index in [2.05, 4.69) is 13.8 Å². The maximum Gasteiger partial charge on any atom is 0.295 e. The molecule has 2 aromatic rings. The number of carbonyl (C=O) groups excluding carboxylic acids is 2. The first-order valence-corrected chi connectivity index (χ1v) is 9.81. The molecule has 2 atom stereocenters. The van der Waals surface area contributed by atoms with Crippen LogP contribution in [0.4, 0.5) is 0 Å². The van der Waals surface area contributed by atoms with Gasteiger partial charge in [0.05, 0.1) is 29.4 Å². The van der Waals surface area contributed by atoms with Gasteiger partial charge in [0.25, 0.3) is 11.7 Å². The van der Waals surface area contributed by atoms with Crippen molar-refractivity contribution in [3.8, 4) is 6.07 Å². The molecule has 1 aliphatic heterocycles. The number of aliphatic hydroxyl groups excluding tert-OH is 2. The first kappa shape index (κ1) is 21.3. The van der Waals surface area contributed by atoms with Crippen molar-refractivity contribution >= 4 is 17.4 Å². The molecule has 0 radical (unpaired) electrons. The summed E-state index contributed by atoms with van der Waals surface area (Å²) in [6.07, 6.45) is -0.837. The second kappa shape index (κ2) is 8.52. The Balaban J connectivity index is 2.15. The lowest BCUT2D eigenvalue weighted by atomic mass is 9.93. The van der Waals surface area contributed by atoms with Crippen LogP contribution < -0.4 is 0 Å². The fraction of sp³-hybridized carbons (Fsp3) is 0.292. The lowest BCUT2D eigenvalue weighted by molar-refractivity contribution is -0.140. The van der Waals surface area contributed by atoms with E-state index in [0.717, 1.165) is 5.56 Å². The summed E-state index contributed by atoms with van der Waals surface area (Å²) in [5, 5.41) is 29.8. The highest BCUT2D eigenvalue weighted by atomic mass is 16.3. The normalized spacial score (nSPS) is 19.2. The van der Waals surface area contributed by atoms with Crippen molar-refractivity contribution in [3.63, 3.8) is 0 Å². The van der Waals surface area contributed by atoms with E-state index in [1.54, 1.807) is 6.92 Å². The molecule has 1 amide bonds. The van der Waals surface area contributed by atoms with Gasteiger partial charge in [-0.15, -0.1) is 0 Å². The van der Waals surface area contributed by atoms with Crippen LogP contribution in [0.3, 0.4) is 0 Å². The van der Waals surface area contributed by atoms with E-state index >= 15 is 0 Å². The fourth-order valence-electron chi connectivity index (χ4n) is 3.62. The predicted molar refractivity (Wildman–Crippen MR) is 112 cm³/mol. The Morgan fingerprint density at radius 1 is 1.07 bits per heavy atom. The second-order valence-corrected chi connectivity index (χ2v) is 7.81. The average molecular weight is 404 g/mol. The number of carbonyl (C=O) groups is 2. The minimum absolute atomic E-state index is 0.0253. The van der Waals surface area contributed by atoms with E-state index in [-0.39, 0.29) is 17.9 Å². The molecule has 0 spiro atoms. The zero-order valence-corrected chi connectivity index (χ0v) is 17.2. The molecule has 6 nitrogen and oxygen atoms in total. The van der Waals surface area contributed by atoms with E-state index in [1.165, 1.54) is 29.2 Å². The number of hydrogen-bond acceptors (Lipinski definition) is 5. The van der Waals surface area contributed by atoms with E-state index in [4.69, 9.17) is 5.26 Å². The molecule has 0 saturated carbocycles. The lowest BCUT2D eigenvalue weighted by Crippen LogP contribution is -2.35. The molecular weight excluding hydrogens is 380 g/mol. The van der Waals surface area contributed by atoms with Crippen molar-refractivity contribution in [1.82, 2.24) is 4.90 Å². The van der Waals surface area contributed by atoms with Gasteiger partial charge in [-0.2, -0.15) is 5.26 Å². The van der Waals surface area contributed by atoms with Gasteiger partial charge in [-0.25, -0.2) is 0 Å². The van der Waals surface area contributed by atoms with Gasteiger partial charge < -0.3 is 15.1 Å². The molecule has 1 fully saturated rings. The van der Waals surface area contributed by atoms with Gasteiger partial charge >= 0.3 is 0 Å². The monoisotopic (exact) mass is 404 g/mol. The Morgan fingerprint density at radius 2 is 1.67 bits per heavy atom. The van der Waals surface area contributed by atoms with Crippen LogP contribution in [-0.4, -0.2) is 39.5 Å². The molecule has 30 heavy (non-hydrogen) atoms. The quantitative estimate of drug-likeness (QED) is 0.451. The standard InChI is InChI=1S/C24H24N2O4/c1-14(2)17-8-10-18(11-9-17)21-20(23(29)24(30)26(21)13-15(3)27)22(28)19-6-4-16(12-25)5-7-19/h4-11,14-15,21,27-28H,13H2,1-3H3/b22-20+. The zero-order chi connectivity index (χ0) is 22.0. The van der Waals surface area contributed by atoms with Crippen LogP contribution in [0, 0.1) is 11.3 Å². The number of aliphatic hydroxyl groups is 2. The largest absolute Gasteiger partial charge is 0.507 e. The molecule has 6 heteroatoms. The Kier molecular flexibility index (Phi) is 6.04. The molecule has 2 N–H and O–H groups in total. The third-order valence-corrected chi connectivity index (χ3v) is 5.21. The summed E-state index contributed by atoms with van der Waals surface area (Å²) in [4.78, 5) is 26.9. The number of likely N-dealkylation sites (tertiary alicyclic amines) is 1. The topological polar surface area (TPSA) is 102 Å². The summed E-state index contributed by atoms with van der Waals surface area (Å²) in [6, 6.07) is 14.9. The van der Waals surface area contributed by atoms with Crippen molar-refractivity contribution < 1.29 is 19.8 Å². The van der Waals surface area contributed by atoms with E-state index < -0.39 is 23.8 Å². The molecule has 154 valence electrons. The van der Waals surface area contributed by atoms with Crippen molar-refractivity contribution in [3.05, 3.63) is 76.4 Å². The molecular formula is C24H24N2O4. The molecule has 0 aromatic heterocycles. The van der Waals surface area contributed by atoms with Gasteiger partial charge in [0, 0.05) is 12.1 Å². The van der Waals surface area contributed by atoms with Crippen molar-refractivity contribution in [1.29, 1.82) is 5.26 Å². The summed E-state index contributed by atoms with van der Waals surface area (Å²) in [5.41, 5.74) is 2.52. The number of nitrogens with zero attached hydrogens (tertiary/aromatic N) is 2. The Morgan fingerprint density at radius 3 is 2.17 bits per heavy atom. The minimum atomic E-state index is -0.837.